The van der Waals surface area contributed by atoms with Gasteiger partial charge in [-0.1, -0.05) is 19.9 Å². The first kappa shape index (κ1) is 13.6. The summed E-state index contributed by atoms with van der Waals surface area (Å²) in [6.45, 7) is 7.92. The SMILES string of the molecule is CCn1cc(CNC(C)C)c2ccc(C(=O)O)cc21. The molecule has 1 aromatic carbocycles. The summed E-state index contributed by atoms with van der Waals surface area (Å²) in [5.41, 5.74) is 2.54. The van der Waals surface area contributed by atoms with Crippen LogP contribution < -0.4 is 5.32 Å². The Morgan fingerprint density at radius 3 is 2.74 bits per heavy atom. The lowest BCUT2D eigenvalue weighted by molar-refractivity contribution is 0.0697. The van der Waals surface area contributed by atoms with Crippen molar-refractivity contribution in [3.63, 3.8) is 0 Å². The number of hydrogen-bond acceptors (Lipinski definition) is 2. The number of rotatable bonds is 5. The molecular formula is C15H20N2O2. The Morgan fingerprint density at radius 2 is 2.16 bits per heavy atom. The molecular weight excluding hydrogens is 240 g/mol. The molecule has 0 amide bonds. The maximum Gasteiger partial charge on any atom is 0.335 e. The summed E-state index contributed by atoms with van der Waals surface area (Å²) in [4.78, 5) is 11.0. The Kier molecular flexibility index (Phi) is 3.90. The average molecular weight is 260 g/mol. The lowest BCUT2D eigenvalue weighted by Gasteiger charge is -2.06. The van der Waals surface area contributed by atoms with Gasteiger partial charge < -0.3 is 15.0 Å². The molecule has 1 aromatic heterocycles. The lowest BCUT2D eigenvalue weighted by atomic mass is 10.1. The van der Waals surface area contributed by atoms with Crippen LogP contribution in [0.3, 0.4) is 0 Å². The second-order valence-corrected chi connectivity index (χ2v) is 5.01. The van der Waals surface area contributed by atoms with Crippen LogP contribution in [0.15, 0.2) is 24.4 Å². The summed E-state index contributed by atoms with van der Waals surface area (Å²) in [6, 6.07) is 5.75. The van der Waals surface area contributed by atoms with Gasteiger partial charge in [-0.2, -0.15) is 0 Å². The average Bonchev–Trinajstić information content (AvgIpc) is 2.73. The molecule has 0 saturated heterocycles. The zero-order chi connectivity index (χ0) is 14.0. The van der Waals surface area contributed by atoms with Crippen molar-refractivity contribution >= 4 is 16.9 Å². The molecule has 2 aromatic rings. The zero-order valence-corrected chi connectivity index (χ0v) is 11.6. The topological polar surface area (TPSA) is 54.3 Å². The van der Waals surface area contributed by atoms with E-state index in [0.717, 1.165) is 24.0 Å². The van der Waals surface area contributed by atoms with Gasteiger partial charge in [-0.25, -0.2) is 4.79 Å². The molecule has 0 bridgehead atoms. The predicted molar refractivity (Wildman–Crippen MR) is 76.5 cm³/mol. The van der Waals surface area contributed by atoms with Crippen LogP contribution in [0.4, 0.5) is 0 Å². The Morgan fingerprint density at radius 1 is 1.42 bits per heavy atom. The van der Waals surface area contributed by atoms with Crippen LogP contribution in [0.2, 0.25) is 0 Å². The summed E-state index contributed by atoms with van der Waals surface area (Å²) in [5, 5.41) is 13.6. The highest BCUT2D eigenvalue weighted by atomic mass is 16.4. The van der Waals surface area contributed by atoms with Crippen molar-refractivity contribution in [1.82, 2.24) is 9.88 Å². The predicted octanol–water partition coefficient (Wildman–Crippen LogP) is 2.86. The molecule has 2 N–H and O–H groups in total. The van der Waals surface area contributed by atoms with E-state index >= 15 is 0 Å². The normalized spacial score (nSPS) is 11.4. The number of nitrogens with one attached hydrogen (secondary N) is 1. The lowest BCUT2D eigenvalue weighted by Crippen LogP contribution is -2.21. The van der Waals surface area contributed by atoms with Gasteiger partial charge in [0.1, 0.15) is 0 Å². The third-order valence-corrected chi connectivity index (χ3v) is 3.25. The van der Waals surface area contributed by atoms with E-state index in [1.54, 1.807) is 12.1 Å². The van der Waals surface area contributed by atoms with Gasteiger partial charge in [0.25, 0.3) is 0 Å². The van der Waals surface area contributed by atoms with Crippen molar-refractivity contribution in [3.05, 3.63) is 35.5 Å². The molecule has 0 aliphatic heterocycles. The van der Waals surface area contributed by atoms with E-state index in [9.17, 15) is 4.79 Å². The van der Waals surface area contributed by atoms with Crippen LogP contribution in [0.25, 0.3) is 10.9 Å². The van der Waals surface area contributed by atoms with Gasteiger partial charge in [0.2, 0.25) is 0 Å². The van der Waals surface area contributed by atoms with Gasteiger partial charge in [0, 0.05) is 36.2 Å². The summed E-state index contributed by atoms with van der Waals surface area (Å²) < 4.78 is 2.10. The molecule has 2 rings (SSSR count). The number of hydrogen-bond donors (Lipinski definition) is 2. The number of nitrogens with zero attached hydrogens (tertiary/aromatic N) is 1. The van der Waals surface area contributed by atoms with E-state index in [4.69, 9.17) is 5.11 Å². The van der Waals surface area contributed by atoms with Crippen LogP contribution in [-0.2, 0) is 13.1 Å². The fourth-order valence-corrected chi connectivity index (χ4v) is 2.22. The minimum Gasteiger partial charge on any atom is -0.478 e. The zero-order valence-electron chi connectivity index (χ0n) is 11.6. The van der Waals surface area contributed by atoms with Crippen LogP contribution in [0.5, 0.6) is 0 Å². The quantitative estimate of drug-likeness (QED) is 0.869. The number of aromatic nitrogens is 1. The van der Waals surface area contributed by atoms with Crippen LogP contribution in [0, 0.1) is 0 Å². The molecule has 4 heteroatoms. The van der Waals surface area contributed by atoms with Gasteiger partial charge in [-0.3, -0.25) is 0 Å². The molecule has 0 saturated carbocycles. The number of aromatic carboxylic acids is 1. The minimum absolute atomic E-state index is 0.337. The number of carbonyl (C=O) groups is 1. The first-order chi connectivity index (χ1) is 9.02. The van der Waals surface area contributed by atoms with Crippen LogP contribution >= 0.6 is 0 Å². The summed E-state index contributed by atoms with van der Waals surface area (Å²) in [7, 11) is 0. The van der Waals surface area contributed by atoms with Crippen molar-refractivity contribution < 1.29 is 9.90 Å². The minimum atomic E-state index is -0.882. The molecule has 0 aliphatic carbocycles. The molecule has 19 heavy (non-hydrogen) atoms. The molecule has 0 aliphatic rings. The van der Waals surface area contributed by atoms with Gasteiger partial charge >= 0.3 is 5.97 Å². The number of carboxylic acids is 1. The number of fused-ring (bicyclic) bond motifs is 1. The smallest absolute Gasteiger partial charge is 0.335 e. The van der Waals surface area contributed by atoms with E-state index in [0.29, 0.717) is 11.6 Å². The Balaban J connectivity index is 2.46. The van der Waals surface area contributed by atoms with E-state index in [1.165, 1.54) is 5.56 Å². The molecule has 0 atom stereocenters. The Hall–Kier alpha value is -1.81. The molecule has 0 unspecified atom stereocenters. The van der Waals surface area contributed by atoms with Crippen LogP contribution in [-0.4, -0.2) is 21.7 Å². The number of aryl methyl sites for hydroxylation is 1. The van der Waals surface area contributed by atoms with Gasteiger partial charge in [-0.15, -0.1) is 0 Å². The Labute approximate surface area is 113 Å². The third-order valence-electron chi connectivity index (χ3n) is 3.25. The van der Waals surface area contributed by atoms with E-state index in [2.05, 4.69) is 36.9 Å². The van der Waals surface area contributed by atoms with Gasteiger partial charge in [0.15, 0.2) is 0 Å². The summed E-state index contributed by atoms with van der Waals surface area (Å²) in [5.74, 6) is -0.882. The first-order valence-corrected chi connectivity index (χ1v) is 6.61. The largest absolute Gasteiger partial charge is 0.478 e. The molecule has 1 heterocycles. The van der Waals surface area contributed by atoms with Crippen LogP contribution in [0.1, 0.15) is 36.7 Å². The van der Waals surface area contributed by atoms with Crippen molar-refractivity contribution in [2.45, 2.75) is 39.9 Å². The van der Waals surface area contributed by atoms with Crippen molar-refractivity contribution in [2.24, 2.45) is 0 Å². The number of carboxylic acid groups (broad SMARTS) is 1. The van der Waals surface area contributed by atoms with E-state index in [-0.39, 0.29) is 0 Å². The van der Waals surface area contributed by atoms with E-state index < -0.39 is 5.97 Å². The Bertz CT molecular complexity index is 599. The highest BCUT2D eigenvalue weighted by molar-refractivity contribution is 5.94. The highest BCUT2D eigenvalue weighted by Crippen LogP contribution is 2.23. The maximum atomic E-state index is 11.0. The number of benzene rings is 1. The van der Waals surface area contributed by atoms with Gasteiger partial charge in [0.05, 0.1) is 5.56 Å². The monoisotopic (exact) mass is 260 g/mol. The fraction of sp³-hybridized carbons (Fsp3) is 0.400. The van der Waals surface area contributed by atoms with Crippen molar-refractivity contribution in [2.75, 3.05) is 0 Å². The molecule has 102 valence electrons. The molecule has 4 nitrogen and oxygen atoms in total. The molecule has 0 radical (unpaired) electrons. The fourth-order valence-electron chi connectivity index (χ4n) is 2.22. The highest BCUT2D eigenvalue weighted by Gasteiger charge is 2.11. The summed E-state index contributed by atoms with van der Waals surface area (Å²) >= 11 is 0. The van der Waals surface area contributed by atoms with Crippen molar-refractivity contribution in [1.29, 1.82) is 0 Å². The van der Waals surface area contributed by atoms with Crippen molar-refractivity contribution in [3.8, 4) is 0 Å². The molecule has 0 spiro atoms. The second-order valence-electron chi connectivity index (χ2n) is 5.01. The van der Waals surface area contributed by atoms with E-state index in [1.807, 2.05) is 6.07 Å². The third kappa shape index (κ3) is 2.79. The summed E-state index contributed by atoms with van der Waals surface area (Å²) in [6.07, 6.45) is 2.10. The first-order valence-electron chi connectivity index (χ1n) is 6.61. The van der Waals surface area contributed by atoms with Gasteiger partial charge in [-0.05, 0) is 24.6 Å². The molecule has 0 fully saturated rings. The second kappa shape index (κ2) is 5.45. The maximum absolute atomic E-state index is 11.0. The standard InChI is InChI=1S/C15H20N2O2/c1-4-17-9-12(8-16-10(2)3)13-6-5-11(15(18)19)7-14(13)17/h5-7,9-10,16H,4,8H2,1-3H3,(H,18,19).